The molecule has 22 heavy (non-hydrogen) atoms. The van der Waals surface area contributed by atoms with Crippen LogP contribution in [0.25, 0.3) is 17.0 Å². The number of hydrogen-bond acceptors (Lipinski definition) is 5. The first kappa shape index (κ1) is 13.3. The van der Waals surface area contributed by atoms with Gasteiger partial charge in [0.2, 0.25) is 0 Å². The maximum absolute atomic E-state index is 13.4. The van der Waals surface area contributed by atoms with E-state index in [9.17, 15) is 4.39 Å². The van der Waals surface area contributed by atoms with Crippen LogP contribution in [0.3, 0.4) is 0 Å². The van der Waals surface area contributed by atoms with E-state index in [1.165, 1.54) is 6.07 Å². The second-order valence-corrected chi connectivity index (χ2v) is 5.17. The average Bonchev–Trinajstić information content (AvgIpc) is 2.92. The van der Waals surface area contributed by atoms with Crippen LogP contribution in [0.5, 0.6) is 0 Å². The number of aryl methyl sites for hydroxylation is 1. The van der Waals surface area contributed by atoms with E-state index in [4.69, 9.17) is 4.74 Å². The fourth-order valence-electron chi connectivity index (χ4n) is 2.66. The monoisotopic (exact) mass is 299 g/mol. The van der Waals surface area contributed by atoms with Crippen molar-refractivity contribution < 1.29 is 9.13 Å². The Morgan fingerprint density at radius 1 is 1.32 bits per heavy atom. The lowest BCUT2D eigenvalue weighted by Crippen LogP contribution is -2.08. The highest BCUT2D eigenvalue weighted by atomic mass is 19.1. The zero-order valence-corrected chi connectivity index (χ0v) is 12.1. The molecular formula is C15H14FN5O. The van der Waals surface area contributed by atoms with Crippen LogP contribution in [0.1, 0.15) is 24.0 Å². The molecule has 0 fully saturated rings. The van der Waals surface area contributed by atoms with E-state index in [0.717, 1.165) is 35.3 Å². The molecule has 0 spiro atoms. The third-order valence-electron chi connectivity index (χ3n) is 3.74. The number of fused-ring (bicyclic) bond motifs is 3. The lowest BCUT2D eigenvalue weighted by atomic mass is 10.1. The number of nitrogens with zero attached hydrogens (tertiary/aromatic N) is 5. The molecule has 7 heteroatoms. The van der Waals surface area contributed by atoms with Crippen molar-refractivity contribution in [1.29, 1.82) is 0 Å². The predicted molar refractivity (Wildman–Crippen MR) is 76.7 cm³/mol. The van der Waals surface area contributed by atoms with Gasteiger partial charge in [-0.2, -0.15) is 5.10 Å². The van der Waals surface area contributed by atoms with Crippen molar-refractivity contribution in [1.82, 2.24) is 24.6 Å². The van der Waals surface area contributed by atoms with E-state index in [-0.39, 0.29) is 0 Å². The Hall–Kier alpha value is -2.41. The van der Waals surface area contributed by atoms with E-state index in [1.54, 1.807) is 10.7 Å². The molecule has 3 aromatic heterocycles. The van der Waals surface area contributed by atoms with Crippen molar-refractivity contribution in [2.45, 2.75) is 26.4 Å². The molecule has 0 saturated carbocycles. The third kappa shape index (κ3) is 2.05. The molecule has 0 bridgehead atoms. The van der Waals surface area contributed by atoms with Gasteiger partial charge >= 0.3 is 0 Å². The van der Waals surface area contributed by atoms with E-state index in [1.807, 2.05) is 6.92 Å². The van der Waals surface area contributed by atoms with Crippen LogP contribution in [0.4, 0.5) is 4.39 Å². The highest BCUT2D eigenvalue weighted by Crippen LogP contribution is 2.23. The first-order valence-corrected chi connectivity index (χ1v) is 7.22. The minimum absolute atomic E-state index is 0.405. The lowest BCUT2D eigenvalue weighted by Gasteiger charge is -2.10. The molecule has 0 radical (unpaired) electrons. The molecule has 0 aliphatic carbocycles. The van der Waals surface area contributed by atoms with Gasteiger partial charge in [0.25, 0.3) is 0 Å². The summed E-state index contributed by atoms with van der Waals surface area (Å²) in [6, 6.07) is 1.39. The Morgan fingerprint density at radius 3 is 3.05 bits per heavy atom. The fourth-order valence-corrected chi connectivity index (χ4v) is 2.66. The van der Waals surface area contributed by atoms with Crippen molar-refractivity contribution in [3.8, 4) is 11.4 Å². The second kappa shape index (κ2) is 5.10. The van der Waals surface area contributed by atoms with Gasteiger partial charge in [-0.3, -0.25) is 4.98 Å². The summed E-state index contributed by atoms with van der Waals surface area (Å²) in [5, 5.41) is 4.60. The van der Waals surface area contributed by atoms with Crippen molar-refractivity contribution in [2.75, 3.05) is 6.61 Å². The molecule has 4 rings (SSSR count). The first-order chi connectivity index (χ1) is 10.8. The number of ether oxygens (including phenoxy) is 1. The summed E-state index contributed by atoms with van der Waals surface area (Å²) >= 11 is 0. The van der Waals surface area contributed by atoms with Gasteiger partial charge in [-0.15, -0.1) is 0 Å². The smallest absolute Gasteiger partial charge is 0.165 e. The van der Waals surface area contributed by atoms with Crippen LogP contribution in [0, 0.1) is 5.82 Å². The molecule has 1 aliphatic rings. The molecular weight excluding hydrogens is 285 g/mol. The number of halogens is 1. The third-order valence-corrected chi connectivity index (χ3v) is 3.74. The summed E-state index contributed by atoms with van der Waals surface area (Å²) in [5.74, 6) is 0.848. The van der Waals surface area contributed by atoms with Gasteiger partial charge in [0.1, 0.15) is 11.6 Å². The summed E-state index contributed by atoms with van der Waals surface area (Å²) in [7, 11) is 0. The molecule has 0 unspecified atom stereocenters. The number of aromatic nitrogens is 5. The average molecular weight is 299 g/mol. The standard InChI is InChI=1S/C15H14FN5O/c1-2-13-18-14(9-5-10(16)7-17-6-9)19-15-11-8-22-4-3-12(11)20-21(13)15/h5-7H,2-4,8H2,1H3. The highest BCUT2D eigenvalue weighted by Gasteiger charge is 2.21. The van der Waals surface area contributed by atoms with Gasteiger partial charge in [0, 0.05) is 30.2 Å². The largest absolute Gasteiger partial charge is 0.376 e. The Balaban J connectivity index is 1.97. The van der Waals surface area contributed by atoms with Crippen LogP contribution in [-0.4, -0.2) is 31.2 Å². The van der Waals surface area contributed by atoms with Crippen molar-refractivity contribution >= 4 is 5.65 Å². The lowest BCUT2D eigenvalue weighted by molar-refractivity contribution is 0.111. The normalized spacial score (nSPS) is 14.3. The van der Waals surface area contributed by atoms with Crippen LogP contribution in [0.15, 0.2) is 18.5 Å². The molecule has 112 valence electrons. The summed E-state index contributed by atoms with van der Waals surface area (Å²) in [6.07, 6.45) is 4.21. The minimum atomic E-state index is -0.405. The molecule has 0 amide bonds. The Morgan fingerprint density at radius 2 is 2.23 bits per heavy atom. The van der Waals surface area contributed by atoms with E-state index in [2.05, 4.69) is 20.1 Å². The second-order valence-electron chi connectivity index (χ2n) is 5.17. The number of rotatable bonds is 2. The van der Waals surface area contributed by atoms with E-state index < -0.39 is 5.82 Å². The summed E-state index contributed by atoms with van der Waals surface area (Å²) < 4.78 is 20.7. The summed E-state index contributed by atoms with van der Waals surface area (Å²) in [5.41, 5.74) is 3.29. The number of hydrogen-bond donors (Lipinski definition) is 0. The zero-order valence-electron chi connectivity index (χ0n) is 12.1. The fraction of sp³-hybridized carbons (Fsp3) is 0.333. The maximum atomic E-state index is 13.4. The molecule has 3 aromatic rings. The van der Waals surface area contributed by atoms with Crippen molar-refractivity contribution in [3.05, 3.63) is 41.4 Å². The highest BCUT2D eigenvalue weighted by molar-refractivity contribution is 5.59. The Bertz CT molecular complexity index is 861. The molecule has 4 heterocycles. The maximum Gasteiger partial charge on any atom is 0.165 e. The molecule has 0 N–H and O–H groups in total. The predicted octanol–water partition coefficient (Wildman–Crippen LogP) is 1.96. The van der Waals surface area contributed by atoms with Gasteiger partial charge < -0.3 is 4.74 Å². The van der Waals surface area contributed by atoms with Crippen LogP contribution < -0.4 is 0 Å². The van der Waals surface area contributed by atoms with Gasteiger partial charge in [-0.25, -0.2) is 18.9 Å². The quantitative estimate of drug-likeness (QED) is 0.723. The molecule has 1 aliphatic heterocycles. The topological polar surface area (TPSA) is 65.2 Å². The van der Waals surface area contributed by atoms with Gasteiger partial charge in [0.05, 0.1) is 25.1 Å². The molecule has 6 nitrogen and oxygen atoms in total. The van der Waals surface area contributed by atoms with Gasteiger partial charge in [0.15, 0.2) is 11.5 Å². The molecule has 0 atom stereocenters. The molecule has 0 aromatic carbocycles. The van der Waals surface area contributed by atoms with E-state index in [0.29, 0.717) is 31.0 Å². The van der Waals surface area contributed by atoms with Gasteiger partial charge in [-0.05, 0) is 6.07 Å². The summed E-state index contributed by atoms with van der Waals surface area (Å²) in [6.45, 7) is 3.18. The van der Waals surface area contributed by atoms with Crippen LogP contribution in [0.2, 0.25) is 0 Å². The van der Waals surface area contributed by atoms with Crippen molar-refractivity contribution in [2.24, 2.45) is 0 Å². The first-order valence-electron chi connectivity index (χ1n) is 7.22. The number of pyridine rings is 1. The Labute approximate surface area is 126 Å². The van der Waals surface area contributed by atoms with Gasteiger partial charge in [-0.1, -0.05) is 6.92 Å². The zero-order chi connectivity index (χ0) is 15.1. The van der Waals surface area contributed by atoms with Crippen LogP contribution >= 0.6 is 0 Å². The summed E-state index contributed by atoms with van der Waals surface area (Å²) in [4.78, 5) is 13.0. The minimum Gasteiger partial charge on any atom is -0.376 e. The van der Waals surface area contributed by atoms with Crippen molar-refractivity contribution in [3.63, 3.8) is 0 Å². The molecule has 0 saturated heterocycles. The Kier molecular flexibility index (Phi) is 3.07. The van der Waals surface area contributed by atoms with E-state index >= 15 is 0 Å². The SMILES string of the molecule is CCc1nc(-c2cncc(F)c2)nc2c3c(nn12)CCOC3. The van der Waals surface area contributed by atoms with Crippen LogP contribution in [-0.2, 0) is 24.2 Å².